The molecule has 180 valence electrons. The molecule has 1 unspecified atom stereocenters. The number of aromatic nitrogens is 4. The zero-order valence-corrected chi connectivity index (χ0v) is 21.0. The van der Waals surface area contributed by atoms with Crippen molar-refractivity contribution in [1.82, 2.24) is 19.2 Å². The predicted octanol–water partition coefficient (Wildman–Crippen LogP) is 4.49. The van der Waals surface area contributed by atoms with Gasteiger partial charge in [0.15, 0.2) is 5.16 Å². The van der Waals surface area contributed by atoms with Crippen LogP contribution in [0.1, 0.15) is 43.9 Å². The zero-order valence-electron chi connectivity index (χ0n) is 20.2. The van der Waals surface area contributed by atoms with Gasteiger partial charge < -0.3 is 4.74 Å². The van der Waals surface area contributed by atoms with Gasteiger partial charge in [-0.3, -0.25) is 18.6 Å². The number of thioether (sulfide) groups is 1. The lowest BCUT2D eigenvalue weighted by atomic mass is 9.69. The number of nitrogens with zero attached hydrogens (tertiary/aromatic N) is 4. The highest BCUT2D eigenvalue weighted by Crippen LogP contribution is 2.44. The van der Waals surface area contributed by atoms with Crippen molar-refractivity contribution in [3.05, 3.63) is 81.6 Å². The van der Waals surface area contributed by atoms with Crippen LogP contribution in [0.25, 0.3) is 17.0 Å². The molecule has 8 heteroatoms. The summed E-state index contributed by atoms with van der Waals surface area (Å²) in [7, 11) is 0. The summed E-state index contributed by atoms with van der Waals surface area (Å²) in [5, 5.41) is 9.46. The van der Waals surface area contributed by atoms with Crippen LogP contribution >= 0.6 is 11.8 Å². The number of carbonyl (C=O) groups excluding carboxylic acids is 1. The number of rotatable bonds is 7. The molecule has 7 nitrogen and oxygen atoms in total. The maximum Gasteiger partial charge on any atom is 0.316 e. The third kappa shape index (κ3) is 4.05. The molecule has 2 aromatic carbocycles. The Morgan fingerprint density at radius 2 is 1.83 bits per heavy atom. The standard InChI is InChI=1S/C27H28N4O3S/c1-4-27(3)15-19-13-9-10-14-20(19)23-22(27)24(33)30(16-18-11-7-6-8-12-18)25-28-29-26(31(23)25)35-17-21(32)34-5-2/h6-14H,4-5,15-17H2,1-3H3. The Morgan fingerprint density at radius 1 is 1.09 bits per heavy atom. The van der Waals surface area contributed by atoms with Crippen molar-refractivity contribution >= 4 is 23.5 Å². The molecule has 0 saturated heterocycles. The van der Waals surface area contributed by atoms with Crippen molar-refractivity contribution in [2.45, 2.75) is 50.7 Å². The monoisotopic (exact) mass is 488 g/mol. The molecule has 1 atom stereocenters. The van der Waals surface area contributed by atoms with Crippen molar-refractivity contribution in [2.24, 2.45) is 0 Å². The van der Waals surface area contributed by atoms with Crippen LogP contribution in [0.5, 0.6) is 0 Å². The smallest absolute Gasteiger partial charge is 0.316 e. The highest BCUT2D eigenvalue weighted by molar-refractivity contribution is 7.99. The van der Waals surface area contributed by atoms with E-state index in [0.29, 0.717) is 24.1 Å². The van der Waals surface area contributed by atoms with Gasteiger partial charge in [-0.05, 0) is 30.9 Å². The van der Waals surface area contributed by atoms with E-state index in [1.807, 2.05) is 46.9 Å². The van der Waals surface area contributed by atoms with Crippen LogP contribution in [-0.2, 0) is 27.9 Å². The number of hydrogen-bond donors (Lipinski definition) is 0. The van der Waals surface area contributed by atoms with Gasteiger partial charge in [-0.15, -0.1) is 10.2 Å². The van der Waals surface area contributed by atoms with Crippen LogP contribution in [-0.4, -0.2) is 37.5 Å². The second kappa shape index (κ2) is 9.34. The molecule has 0 fully saturated rings. The summed E-state index contributed by atoms with van der Waals surface area (Å²) in [5.74, 6) is 0.284. The largest absolute Gasteiger partial charge is 0.465 e. The van der Waals surface area contributed by atoms with E-state index in [2.05, 4.69) is 36.2 Å². The molecule has 4 aromatic rings. The van der Waals surface area contributed by atoms with Gasteiger partial charge in [-0.25, -0.2) is 0 Å². The molecule has 1 aliphatic rings. The first-order valence-electron chi connectivity index (χ1n) is 11.9. The molecule has 0 bridgehead atoms. The Balaban J connectivity index is 1.80. The molecule has 0 saturated carbocycles. The highest BCUT2D eigenvalue weighted by atomic mass is 32.2. The van der Waals surface area contributed by atoms with E-state index in [0.717, 1.165) is 35.2 Å². The van der Waals surface area contributed by atoms with Crippen LogP contribution in [0, 0.1) is 0 Å². The minimum absolute atomic E-state index is 0.0375. The van der Waals surface area contributed by atoms with Gasteiger partial charge >= 0.3 is 5.97 Å². The number of ether oxygens (including phenoxy) is 1. The molecule has 2 aromatic heterocycles. The number of esters is 1. The molecule has 0 aliphatic heterocycles. The molecule has 0 N–H and O–H groups in total. The Labute approximate surface area is 208 Å². The van der Waals surface area contributed by atoms with Gasteiger partial charge in [-0.1, -0.05) is 80.2 Å². The molecule has 5 rings (SSSR count). The molecular formula is C27H28N4O3S. The minimum Gasteiger partial charge on any atom is -0.465 e. The average molecular weight is 489 g/mol. The number of hydrogen-bond acceptors (Lipinski definition) is 6. The summed E-state index contributed by atoms with van der Waals surface area (Å²) in [6, 6.07) is 18.1. The average Bonchev–Trinajstić information content (AvgIpc) is 3.29. The van der Waals surface area contributed by atoms with Gasteiger partial charge in [-0.2, -0.15) is 0 Å². The lowest BCUT2D eigenvalue weighted by molar-refractivity contribution is -0.139. The first kappa shape index (κ1) is 23.4. The lowest BCUT2D eigenvalue weighted by Gasteiger charge is -2.36. The fourth-order valence-corrected chi connectivity index (χ4v) is 5.65. The van der Waals surface area contributed by atoms with Crippen LogP contribution in [0.15, 0.2) is 64.5 Å². The number of carbonyl (C=O) groups is 1. The van der Waals surface area contributed by atoms with Gasteiger partial charge in [0.25, 0.3) is 5.56 Å². The van der Waals surface area contributed by atoms with E-state index < -0.39 is 0 Å². The fraction of sp³-hybridized carbons (Fsp3) is 0.333. The molecule has 0 spiro atoms. The Morgan fingerprint density at radius 3 is 2.57 bits per heavy atom. The van der Waals surface area contributed by atoms with Gasteiger partial charge in [0.1, 0.15) is 0 Å². The molecule has 35 heavy (non-hydrogen) atoms. The summed E-state index contributed by atoms with van der Waals surface area (Å²) in [5.41, 5.74) is 4.44. The third-order valence-corrected chi connectivity index (χ3v) is 7.72. The highest BCUT2D eigenvalue weighted by Gasteiger charge is 2.39. The van der Waals surface area contributed by atoms with E-state index in [1.165, 1.54) is 17.3 Å². The van der Waals surface area contributed by atoms with Gasteiger partial charge in [0, 0.05) is 16.5 Å². The Hall–Kier alpha value is -3.39. The first-order chi connectivity index (χ1) is 17.0. The van der Waals surface area contributed by atoms with Gasteiger partial charge in [0.2, 0.25) is 5.78 Å². The molecule has 0 radical (unpaired) electrons. The van der Waals surface area contributed by atoms with Crippen molar-refractivity contribution in [1.29, 1.82) is 0 Å². The lowest BCUT2D eigenvalue weighted by Crippen LogP contribution is -2.40. The summed E-state index contributed by atoms with van der Waals surface area (Å²) in [4.78, 5) is 26.3. The first-order valence-corrected chi connectivity index (χ1v) is 12.9. The van der Waals surface area contributed by atoms with E-state index in [-0.39, 0.29) is 22.7 Å². The maximum atomic E-state index is 14.2. The molecule has 1 aliphatic carbocycles. The molecule has 2 heterocycles. The van der Waals surface area contributed by atoms with Crippen molar-refractivity contribution in [3.8, 4) is 11.3 Å². The van der Waals surface area contributed by atoms with E-state index in [1.54, 1.807) is 11.5 Å². The zero-order chi connectivity index (χ0) is 24.6. The second-order valence-electron chi connectivity index (χ2n) is 9.06. The number of benzene rings is 2. The minimum atomic E-state index is -0.346. The van der Waals surface area contributed by atoms with E-state index >= 15 is 0 Å². The number of fused-ring (bicyclic) bond motifs is 5. The van der Waals surface area contributed by atoms with E-state index in [9.17, 15) is 9.59 Å². The summed E-state index contributed by atoms with van der Waals surface area (Å²) in [6.07, 6.45) is 1.60. The fourth-order valence-electron chi connectivity index (χ4n) is 4.91. The summed E-state index contributed by atoms with van der Waals surface area (Å²) in [6.45, 7) is 6.80. The van der Waals surface area contributed by atoms with E-state index in [4.69, 9.17) is 4.74 Å². The normalized spacial score (nSPS) is 16.7. The Bertz CT molecular complexity index is 1460. The van der Waals surface area contributed by atoms with Crippen molar-refractivity contribution < 1.29 is 9.53 Å². The Kier molecular flexibility index (Phi) is 6.23. The molecular weight excluding hydrogens is 460 g/mol. The van der Waals surface area contributed by atoms with Crippen LogP contribution in [0.2, 0.25) is 0 Å². The van der Waals surface area contributed by atoms with Crippen LogP contribution in [0.3, 0.4) is 0 Å². The maximum absolute atomic E-state index is 14.2. The summed E-state index contributed by atoms with van der Waals surface area (Å²) >= 11 is 1.28. The second-order valence-corrected chi connectivity index (χ2v) is 10.0. The van der Waals surface area contributed by atoms with Crippen molar-refractivity contribution in [2.75, 3.05) is 12.4 Å². The van der Waals surface area contributed by atoms with Gasteiger partial charge in [0.05, 0.1) is 24.6 Å². The summed E-state index contributed by atoms with van der Waals surface area (Å²) < 4.78 is 8.81. The van der Waals surface area contributed by atoms with Crippen LogP contribution in [0.4, 0.5) is 0 Å². The SMILES string of the molecule is CCOC(=O)CSc1nnc2n(Cc3ccccc3)c(=O)c3c(n12)-c1ccccc1CC3(C)CC. The quantitative estimate of drug-likeness (QED) is 0.282. The topological polar surface area (TPSA) is 78.5 Å². The predicted molar refractivity (Wildman–Crippen MR) is 137 cm³/mol. The third-order valence-electron chi connectivity index (χ3n) is 6.82. The van der Waals surface area contributed by atoms with Crippen LogP contribution < -0.4 is 5.56 Å². The molecule has 0 amide bonds. The van der Waals surface area contributed by atoms with Crippen molar-refractivity contribution in [3.63, 3.8) is 0 Å².